The van der Waals surface area contributed by atoms with Crippen LogP contribution in [0.1, 0.15) is 33.6 Å². The van der Waals surface area contributed by atoms with Crippen LogP contribution in [0.3, 0.4) is 0 Å². The van der Waals surface area contributed by atoms with Crippen molar-refractivity contribution in [2.45, 2.75) is 44.9 Å². The average Bonchev–Trinajstić information content (AvgIpc) is 3.38. The van der Waals surface area contributed by atoms with E-state index in [9.17, 15) is 0 Å². The van der Waals surface area contributed by atoms with E-state index in [0.29, 0.717) is 13.2 Å². The predicted molar refractivity (Wildman–Crippen MR) is 212 cm³/mol. The van der Waals surface area contributed by atoms with Gasteiger partial charge in [0, 0.05) is 0 Å². The van der Waals surface area contributed by atoms with Crippen molar-refractivity contribution >= 4 is 54.9 Å². The van der Waals surface area contributed by atoms with Crippen molar-refractivity contribution in [1.29, 1.82) is 0 Å². The van der Waals surface area contributed by atoms with Crippen LogP contribution in [0.5, 0.6) is 11.5 Å². The maximum absolute atomic E-state index is 6.35. The molecular weight excluding hydrogens is 629 g/mol. The first-order valence-corrected chi connectivity index (χ1v) is 22.3. The van der Waals surface area contributed by atoms with E-state index in [0.717, 1.165) is 22.8 Å². The fourth-order valence-corrected chi connectivity index (χ4v) is 17.1. The van der Waals surface area contributed by atoms with Gasteiger partial charge in [0.2, 0.25) is 0 Å². The molecule has 47 heavy (non-hydrogen) atoms. The van der Waals surface area contributed by atoms with Gasteiger partial charge in [-0.05, 0) is 25.5 Å². The third-order valence-electron chi connectivity index (χ3n) is 9.94. The average molecular weight is 677 g/mol. The van der Waals surface area contributed by atoms with Crippen LogP contribution in [0, 0.1) is 0 Å². The molecule has 5 aromatic rings. The number of hydrogen-bond acceptors (Lipinski definition) is 2. The summed E-state index contributed by atoms with van der Waals surface area (Å²) in [5.74, 6) is 4.08. The first-order chi connectivity index (χ1) is 23.0. The minimum absolute atomic E-state index is 0.482. The van der Waals surface area contributed by atoms with Crippen molar-refractivity contribution in [2.75, 3.05) is 19.9 Å². The maximum atomic E-state index is 6.35. The van der Waals surface area contributed by atoms with Crippen molar-refractivity contribution in [3.63, 3.8) is 0 Å². The molecule has 5 heteroatoms. The number of benzene rings is 5. The molecule has 1 aliphatic rings. The molecule has 2 nitrogen and oxygen atoms in total. The van der Waals surface area contributed by atoms with E-state index in [1.807, 2.05) is 6.07 Å². The summed E-state index contributed by atoms with van der Waals surface area (Å²) < 4.78 is 12.6. The Balaban J connectivity index is 1.20. The molecule has 0 saturated carbocycles. The van der Waals surface area contributed by atoms with Crippen LogP contribution >= 0.6 is 23.1 Å². The molecule has 0 aromatic heterocycles. The minimum atomic E-state index is -1.68. The Kier molecular flexibility index (Phi) is 11.3. The first kappa shape index (κ1) is 33.6. The Morgan fingerprint density at radius 3 is 1.74 bits per heavy atom. The summed E-state index contributed by atoms with van der Waals surface area (Å²) >= 11 is 0. The Morgan fingerprint density at radius 2 is 1.13 bits per heavy atom. The van der Waals surface area contributed by atoms with Crippen LogP contribution < -0.4 is 41.3 Å². The van der Waals surface area contributed by atoms with Crippen LogP contribution in [0.2, 0.25) is 0 Å². The molecule has 0 bridgehead atoms. The number of hydrogen-bond donors (Lipinski definition) is 0. The molecule has 242 valence electrons. The summed E-state index contributed by atoms with van der Waals surface area (Å²) in [7, 11) is -2.99. The van der Waals surface area contributed by atoms with E-state index in [2.05, 4.69) is 167 Å². The fraction of sp³-hybridized carbons (Fsp3) is 0.238. The van der Waals surface area contributed by atoms with E-state index >= 15 is 0 Å². The predicted octanol–water partition coefficient (Wildman–Crippen LogP) is 8.44. The van der Waals surface area contributed by atoms with Gasteiger partial charge in [0.25, 0.3) is 0 Å². The van der Waals surface area contributed by atoms with Gasteiger partial charge in [-0.1, -0.05) is 54.4 Å². The summed E-state index contributed by atoms with van der Waals surface area (Å²) in [6.45, 7) is 10.7. The summed E-state index contributed by atoms with van der Waals surface area (Å²) in [5.41, 5.74) is 1.57. The molecule has 6 rings (SSSR count). The number of rotatable bonds is 12. The molecule has 2 unspecified atom stereocenters. The van der Waals surface area contributed by atoms with E-state index < -0.39 is 23.1 Å². The van der Waals surface area contributed by atoms with Crippen LogP contribution in [-0.2, 0) is 0 Å². The van der Waals surface area contributed by atoms with Gasteiger partial charge < -0.3 is 0 Å². The molecule has 4 atom stereocenters. The second kappa shape index (κ2) is 15.8. The van der Waals surface area contributed by atoms with Crippen molar-refractivity contribution in [2.24, 2.45) is 0 Å². The molecule has 1 fully saturated rings. The third-order valence-corrected chi connectivity index (χ3v) is 21.2. The third kappa shape index (κ3) is 7.58. The number of allylic oxidation sites excluding steroid dienone is 1. The molecule has 1 aliphatic heterocycles. The molecule has 0 spiro atoms. The molecule has 0 radical (unpaired) electrons. The molecule has 0 aliphatic carbocycles. The first-order valence-electron chi connectivity index (χ1n) is 16.9. The van der Waals surface area contributed by atoms with Crippen LogP contribution in [0.15, 0.2) is 145 Å². The second-order valence-corrected chi connectivity index (χ2v) is 22.1. The van der Waals surface area contributed by atoms with Gasteiger partial charge in [-0.15, -0.1) is 0 Å². The van der Waals surface area contributed by atoms with Gasteiger partial charge in [0.05, 0.1) is 0 Å². The van der Waals surface area contributed by atoms with Crippen LogP contribution in [0.25, 0.3) is 0 Å². The molecule has 5 aromatic carbocycles. The van der Waals surface area contributed by atoms with Crippen molar-refractivity contribution in [1.82, 2.24) is 0 Å². The zero-order chi connectivity index (χ0) is 32.6. The Hall–Kier alpha value is -3.27. The van der Waals surface area contributed by atoms with E-state index in [1.54, 1.807) is 5.30 Å². The van der Waals surface area contributed by atoms with Gasteiger partial charge in [-0.2, -0.15) is 0 Å². The standard InChI is InChI=1S/C42H47O2P3/c1-5-30-45(37-18-8-6-9-19-37)39-22-14-16-35(31-39)43-28-29-44-36-17-15-23-40(32-36)46(38-20-10-7-11-21-38)41-24-12-13-25-42(41)47(4)33(2)26-27-34(47)3/h5-25,30-34,47H,26-29H2,1-4H3/b30-5-/t33-,34-,45?,46?/m1/s1. The fourth-order valence-electron chi connectivity index (χ4n) is 7.06. The quantitative estimate of drug-likeness (QED) is 0.0976. The summed E-state index contributed by atoms with van der Waals surface area (Å²) in [6.07, 6.45) is 4.84. The van der Waals surface area contributed by atoms with Gasteiger partial charge in [-0.3, -0.25) is 0 Å². The molecule has 1 saturated heterocycles. The van der Waals surface area contributed by atoms with Crippen molar-refractivity contribution in [3.8, 4) is 11.5 Å². The Bertz CT molecular complexity index is 1760. The number of ether oxygens (including phenoxy) is 2. The van der Waals surface area contributed by atoms with Gasteiger partial charge >= 0.3 is 206 Å². The van der Waals surface area contributed by atoms with Gasteiger partial charge in [-0.25, -0.2) is 0 Å². The van der Waals surface area contributed by atoms with Crippen molar-refractivity contribution < 1.29 is 9.47 Å². The SMILES string of the molecule is C/C=C\P(c1ccccc1)c1cccc(OCCOc2cccc(P(c3ccccc3)c3ccccc3[PH]3(C)[C@H](C)CC[C@H]3C)c2)c1. The Morgan fingerprint density at radius 1 is 0.617 bits per heavy atom. The molecule has 0 N–H and O–H groups in total. The van der Waals surface area contributed by atoms with Crippen LogP contribution in [0.4, 0.5) is 0 Å². The zero-order valence-corrected chi connectivity index (χ0v) is 30.8. The topological polar surface area (TPSA) is 18.5 Å². The van der Waals surface area contributed by atoms with Crippen LogP contribution in [-0.4, -0.2) is 31.2 Å². The Labute approximate surface area is 285 Å². The molecular formula is C42H47O2P3. The molecule has 0 amide bonds. The summed E-state index contributed by atoms with van der Waals surface area (Å²) in [6, 6.07) is 48.5. The zero-order valence-electron chi connectivity index (χ0n) is 28.1. The monoisotopic (exact) mass is 676 g/mol. The van der Waals surface area contributed by atoms with E-state index in [1.165, 1.54) is 39.4 Å². The normalized spacial score (nSPS) is 19.2. The summed E-state index contributed by atoms with van der Waals surface area (Å²) in [4.78, 5) is 0. The van der Waals surface area contributed by atoms with E-state index in [-0.39, 0.29) is 0 Å². The van der Waals surface area contributed by atoms with E-state index in [4.69, 9.17) is 9.47 Å². The van der Waals surface area contributed by atoms with Gasteiger partial charge in [0.15, 0.2) is 0 Å². The second-order valence-electron chi connectivity index (χ2n) is 12.7. The van der Waals surface area contributed by atoms with Crippen molar-refractivity contribution in [3.05, 3.63) is 145 Å². The summed E-state index contributed by atoms with van der Waals surface area (Å²) in [5, 5.41) is 8.52. The molecule has 1 heterocycles. The van der Waals surface area contributed by atoms with Gasteiger partial charge in [0.1, 0.15) is 0 Å².